The van der Waals surface area contributed by atoms with Crippen LogP contribution in [0.15, 0.2) is 65.8 Å². The quantitative estimate of drug-likeness (QED) is 0.177. The first-order chi connectivity index (χ1) is 24.7. The van der Waals surface area contributed by atoms with E-state index in [0.717, 1.165) is 49.2 Å². The lowest BCUT2D eigenvalue weighted by molar-refractivity contribution is 0.0609. The molecule has 2 aliphatic heterocycles. The van der Waals surface area contributed by atoms with E-state index in [1.807, 2.05) is 16.9 Å². The summed E-state index contributed by atoms with van der Waals surface area (Å²) in [6.45, 7) is 3.08. The Kier molecular flexibility index (Phi) is 9.38. The van der Waals surface area contributed by atoms with Crippen LogP contribution in [0.2, 0.25) is 0 Å². The number of nitrogens with zero attached hydrogens (tertiary/aromatic N) is 6. The van der Waals surface area contributed by atoms with Gasteiger partial charge in [0.05, 0.1) is 29.2 Å². The zero-order valence-electron chi connectivity index (χ0n) is 27.7. The number of piperidine rings is 1. The molecule has 4 aromatic heterocycles. The second-order valence-electron chi connectivity index (χ2n) is 12.8. The Morgan fingerprint density at radius 3 is 2.27 bits per heavy atom. The van der Waals surface area contributed by atoms with Crippen molar-refractivity contribution in [2.24, 2.45) is 17.4 Å². The maximum Gasteiger partial charge on any atom is 0.266 e. The van der Waals surface area contributed by atoms with Gasteiger partial charge in [-0.15, -0.1) is 10.2 Å². The number of carbonyl (C=O) groups is 2. The van der Waals surface area contributed by atoms with Crippen LogP contribution in [-0.2, 0) is 11.3 Å². The normalized spacial score (nSPS) is 15.5. The minimum Gasteiger partial charge on any atom is -0.383 e. The van der Waals surface area contributed by atoms with Crippen LogP contribution >= 0.6 is 0 Å². The molecule has 2 saturated heterocycles. The number of nitrogen functional groups attached to an aromatic ring is 1. The molecule has 0 bridgehead atoms. The van der Waals surface area contributed by atoms with Gasteiger partial charge in [-0.1, -0.05) is 12.1 Å². The van der Waals surface area contributed by atoms with Crippen LogP contribution in [0.1, 0.15) is 52.6 Å². The molecule has 1 aromatic carbocycles. The predicted octanol–water partition coefficient (Wildman–Crippen LogP) is 3.17. The van der Waals surface area contributed by atoms with Gasteiger partial charge in [-0.05, 0) is 80.6 Å². The second kappa shape index (κ2) is 14.2. The maximum absolute atomic E-state index is 14.1. The van der Waals surface area contributed by atoms with Crippen molar-refractivity contribution in [1.29, 1.82) is 0 Å². The number of amides is 2. The molecule has 2 amide bonds. The summed E-state index contributed by atoms with van der Waals surface area (Å²) in [7, 11) is 0. The molecule has 7 N–H and O–H groups in total. The van der Waals surface area contributed by atoms with E-state index in [0.29, 0.717) is 43.4 Å². The zero-order valence-corrected chi connectivity index (χ0v) is 27.7. The zero-order chi connectivity index (χ0) is 35.6. The first kappa shape index (κ1) is 33.7. The number of nitrogens with two attached hydrogens (primary N) is 3. The van der Waals surface area contributed by atoms with Gasteiger partial charge in [0, 0.05) is 48.8 Å². The summed E-state index contributed by atoms with van der Waals surface area (Å²) in [5, 5.41) is 16.8. The van der Waals surface area contributed by atoms with E-state index >= 15 is 0 Å². The minimum absolute atomic E-state index is 0.000114. The van der Waals surface area contributed by atoms with Gasteiger partial charge in [0.1, 0.15) is 28.6 Å². The molecule has 6 heterocycles. The molecule has 51 heavy (non-hydrogen) atoms. The fraction of sp³-hybridized carbons (Fsp3) is 0.306. The Morgan fingerprint density at radius 1 is 0.902 bits per heavy atom. The second-order valence-corrected chi connectivity index (χ2v) is 12.8. The van der Waals surface area contributed by atoms with Crippen LogP contribution < -0.4 is 27.9 Å². The van der Waals surface area contributed by atoms with E-state index in [4.69, 9.17) is 21.9 Å². The van der Waals surface area contributed by atoms with Crippen molar-refractivity contribution < 1.29 is 18.7 Å². The fourth-order valence-corrected chi connectivity index (χ4v) is 6.93. The highest BCUT2D eigenvalue weighted by atomic mass is 19.1. The van der Waals surface area contributed by atoms with Gasteiger partial charge in [-0.3, -0.25) is 19.1 Å². The summed E-state index contributed by atoms with van der Waals surface area (Å²) in [5.41, 5.74) is 19.5. The third kappa shape index (κ3) is 6.72. The number of primary amides is 2. The van der Waals surface area contributed by atoms with E-state index < -0.39 is 28.6 Å². The van der Waals surface area contributed by atoms with Gasteiger partial charge >= 0.3 is 0 Å². The van der Waals surface area contributed by atoms with Gasteiger partial charge in [-0.2, -0.15) is 5.10 Å². The summed E-state index contributed by atoms with van der Waals surface area (Å²) < 4.78 is 23.0. The SMILES string of the molecule is NC(=O)c1c(-c2ccc(-c3cc(-c4cnn(C5CCNCC5)c4)cnc3N)nn2)n(CC2CCOCC2)c(C(N)=O)c(-c2ccc(F)cc2)c1=O. The van der Waals surface area contributed by atoms with Gasteiger partial charge in [0.2, 0.25) is 5.43 Å². The molecule has 0 spiro atoms. The number of nitrogens with one attached hydrogen (secondary N) is 1. The topological polar surface area (TPSA) is 212 Å². The summed E-state index contributed by atoms with van der Waals surface area (Å²) >= 11 is 0. The molecule has 0 atom stereocenters. The number of benzene rings is 1. The summed E-state index contributed by atoms with van der Waals surface area (Å²) in [5.74, 6) is -2.27. The standard InChI is InChI=1S/C36H37FN10O4/c37-24-3-1-21(2-4-24)29-32(36(40)50)46(18-20-9-13-51-14-10-20)31(30(33(29)48)35(39)49)28-6-5-27(44-45-28)26-15-22(16-42-34(26)38)23-17-43-47(19-23)25-7-11-41-12-8-25/h1-6,15-17,19-20,25,41H,7-14,18H2,(H2,38,42)(H2,39,49)(H2,40,50). The number of hydrogen-bond donors (Lipinski definition) is 4. The third-order valence-corrected chi connectivity index (χ3v) is 9.58. The molecular formula is C36H37FN10O4. The number of carbonyl (C=O) groups excluding carboxylic acids is 2. The molecule has 14 nitrogen and oxygen atoms in total. The Labute approximate surface area is 291 Å². The smallest absolute Gasteiger partial charge is 0.266 e. The van der Waals surface area contributed by atoms with Crippen LogP contribution in [0.3, 0.4) is 0 Å². The fourth-order valence-electron chi connectivity index (χ4n) is 6.93. The number of ether oxygens (including phenoxy) is 1. The minimum atomic E-state index is -1.04. The van der Waals surface area contributed by atoms with E-state index in [2.05, 4.69) is 25.6 Å². The lowest BCUT2D eigenvalue weighted by Crippen LogP contribution is -2.35. The van der Waals surface area contributed by atoms with Crippen molar-refractivity contribution in [3.8, 4) is 44.9 Å². The molecule has 0 saturated carbocycles. The summed E-state index contributed by atoms with van der Waals surface area (Å²) in [6.07, 6.45) is 8.76. The summed E-state index contributed by atoms with van der Waals surface area (Å²) in [4.78, 5) is 44.9. The first-order valence-corrected chi connectivity index (χ1v) is 16.8. The van der Waals surface area contributed by atoms with Crippen molar-refractivity contribution in [3.05, 3.63) is 88.4 Å². The molecule has 262 valence electrons. The van der Waals surface area contributed by atoms with Gasteiger partial charge in [-0.25, -0.2) is 9.37 Å². The molecule has 2 fully saturated rings. The number of pyridine rings is 2. The van der Waals surface area contributed by atoms with E-state index in [-0.39, 0.29) is 46.5 Å². The molecule has 15 heteroatoms. The molecule has 0 aliphatic carbocycles. The van der Waals surface area contributed by atoms with Crippen LogP contribution in [0.25, 0.3) is 44.9 Å². The van der Waals surface area contributed by atoms with Crippen LogP contribution in [0.5, 0.6) is 0 Å². The van der Waals surface area contributed by atoms with Crippen molar-refractivity contribution >= 4 is 17.6 Å². The number of rotatable bonds is 9. The summed E-state index contributed by atoms with van der Waals surface area (Å²) in [6, 6.07) is 10.4. The van der Waals surface area contributed by atoms with Crippen LogP contribution in [-0.4, -0.2) is 67.6 Å². The van der Waals surface area contributed by atoms with Crippen molar-refractivity contribution in [2.75, 3.05) is 32.0 Å². The van der Waals surface area contributed by atoms with E-state index in [1.165, 1.54) is 16.7 Å². The van der Waals surface area contributed by atoms with Crippen LogP contribution in [0, 0.1) is 11.7 Å². The van der Waals surface area contributed by atoms with Crippen molar-refractivity contribution in [1.82, 2.24) is 34.8 Å². The Balaban J connectivity index is 1.34. The van der Waals surface area contributed by atoms with E-state index in [1.54, 1.807) is 24.5 Å². The number of halogens is 1. The lowest BCUT2D eigenvalue weighted by atomic mass is 9.94. The van der Waals surface area contributed by atoms with Gasteiger partial charge in [0.25, 0.3) is 11.8 Å². The molecule has 5 aromatic rings. The number of aromatic nitrogens is 6. The molecule has 7 rings (SSSR count). The Hall–Kier alpha value is -5.80. The van der Waals surface area contributed by atoms with Gasteiger partial charge < -0.3 is 31.8 Å². The Bertz CT molecular complexity index is 2150. The monoisotopic (exact) mass is 692 g/mol. The third-order valence-electron chi connectivity index (χ3n) is 9.58. The largest absolute Gasteiger partial charge is 0.383 e. The molecular weight excluding hydrogens is 655 g/mol. The predicted molar refractivity (Wildman–Crippen MR) is 188 cm³/mol. The molecule has 0 unspecified atom stereocenters. The maximum atomic E-state index is 14.1. The lowest BCUT2D eigenvalue weighted by Gasteiger charge is -2.28. The van der Waals surface area contributed by atoms with Crippen molar-refractivity contribution in [2.45, 2.75) is 38.3 Å². The van der Waals surface area contributed by atoms with E-state index in [9.17, 15) is 18.8 Å². The number of hydrogen-bond acceptors (Lipinski definition) is 10. The first-order valence-electron chi connectivity index (χ1n) is 16.8. The highest BCUT2D eigenvalue weighted by Crippen LogP contribution is 2.33. The Morgan fingerprint density at radius 2 is 1.61 bits per heavy atom. The average Bonchev–Trinajstić information content (AvgIpc) is 3.64. The number of anilines is 1. The van der Waals surface area contributed by atoms with Gasteiger partial charge in [0.15, 0.2) is 0 Å². The highest BCUT2D eigenvalue weighted by molar-refractivity contribution is 6.05. The molecule has 0 radical (unpaired) electrons. The van der Waals surface area contributed by atoms with Crippen molar-refractivity contribution in [3.63, 3.8) is 0 Å². The average molecular weight is 693 g/mol. The highest BCUT2D eigenvalue weighted by Gasteiger charge is 2.31. The van der Waals surface area contributed by atoms with Crippen LogP contribution in [0.4, 0.5) is 10.2 Å². The molecule has 2 aliphatic rings.